The fraction of sp³-hybridized carbons (Fsp3) is 0.600. The summed E-state index contributed by atoms with van der Waals surface area (Å²) >= 11 is 0. The van der Waals surface area contributed by atoms with E-state index < -0.39 is 40.5 Å². The molecule has 1 aromatic rings. The van der Waals surface area contributed by atoms with E-state index in [4.69, 9.17) is 14.2 Å². The highest BCUT2D eigenvalue weighted by Gasteiger charge is 2.82. The fourth-order valence-corrected chi connectivity index (χ4v) is 7.90. The van der Waals surface area contributed by atoms with Crippen LogP contribution in [0.1, 0.15) is 32.3 Å². The highest BCUT2D eigenvalue weighted by molar-refractivity contribution is 5.86. The lowest BCUT2D eigenvalue weighted by Crippen LogP contribution is -3.18. The summed E-state index contributed by atoms with van der Waals surface area (Å²) in [6.45, 7) is 5.13. The number of quaternary nitrogens is 1. The van der Waals surface area contributed by atoms with E-state index >= 15 is 0 Å². The van der Waals surface area contributed by atoms with Crippen LogP contribution >= 0.6 is 0 Å². The van der Waals surface area contributed by atoms with Gasteiger partial charge in [0, 0.05) is 32.1 Å². The molecule has 2 N–H and O–H groups in total. The van der Waals surface area contributed by atoms with E-state index in [9.17, 15) is 14.7 Å². The van der Waals surface area contributed by atoms with Crippen LogP contribution in [0.4, 0.5) is 5.69 Å². The highest BCUT2D eigenvalue weighted by Crippen LogP contribution is 2.64. The Morgan fingerprint density at radius 2 is 2.06 bits per heavy atom. The predicted molar refractivity (Wildman–Crippen MR) is 120 cm³/mol. The molecular weight excluding hydrogens is 424 g/mol. The van der Waals surface area contributed by atoms with Crippen LogP contribution in [0.2, 0.25) is 0 Å². The van der Waals surface area contributed by atoms with Crippen molar-refractivity contribution in [3.8, 4) is 5.75 Å². The summed E-state index contributed by atoms with van der Waals surface area (Å²) in [4.78, 5) is 29.2. The van der Waals surface area contributed by atoms with Crippen molar-refractivity contribution in [2.45, 2.75) is 55.9 Å². The maximum absolute atomic E-state index is 13.5. The minimum Gasteiger partial charge on any atom is -0.497 e. The Kier molecular flexibility index (Phi) is 4.85. The molecule has 0 bridgehead atoms. The number of esters is 2. The second kappa shape index (κ2) is 7.21. The number of carbonyl (C=O) groups excluding carboxylic acids is 2. The standard InChI is InChI=1S/C25H32N2O6/c1-6-23-10-7-12-27-13-11-24(19(23)27)17-9-8-16(31-4)14-18(17)26(3)20(24)25(30,22(29)32-5)21(23)33-15(2)28/h7-10,14,19-21,30H,6,11-13H2,1-5H3/p+1/t19-,20-,21+,23+,24+,25+/m0/s1. The zero-order valence-corrected chi connectivity index (χ0v) is 19.9. The third-order valence-electron chi connectivity index (χ3n) is 8.80. The first-order chi connectivity index (χ1) is 15.7. The average molecular weight is 458 g/mol. The Labute approximate surface area is 194 Å². The van der Waals surface area contributed by atoms with Crippen molar-refractivity contribution in [3.05, 3.63) is 35.9 Å². The van der Waals surface area contributed by atoms with Gasteiger partial charge < -0.3 is 29.1 Å². The van der Waals surface area contributed by atoms with Crippen molar-refractivity contribution in [1.29, 1.82) is 0 Å². The molecule has 1 unspecified atom stereocenters. The number of carbonyl (C=O) groups is 2. The molecular formula is C25H33N2O6+. The van der Waals surface area contributed by atoms with Crippen molar-refractivity contribution < 1.29 is 33.8 Å². The van der Waals surface area contributed by atoms with Gasteiger partial charge in [-0.25, -0.2) is 4.79 Å². The number of nitrogens with zero attached hydrogens (tertiary/aromatic N) is 1. The van der Waals surface area contributed by atoms with E-state index in [-0.39, 0.29) is 6.04 Å². The van der Waals surface area contributed by atoms with Crippen LogP contribution in [0, 0.1) is 5.41 Å². The number of hydrogen-bond donors (Lipinski definition) is 2. The van der Waals surface area contributed by atoms with Crippen molar-refractivity contribution in [2.24, 2.45) is 5.41 Å². The van der Waals surface area contributed by atoms with Crippen molar-refractivity contribution in [1.82, 2.24) is 0 Å². The second-order valence-corrected chi connectivity index (χ2v) is 9.91. The summed E-state index contributed by atoms with van der Waals surface area (Å²) in [5, 5.41) is 12.5. The molecule has 3 aliphatic heterocycles. The minimum absolute atomic E-state index is 0.0244. The first kappa shape index (κ1) is 22.2. The highest BCUT2D eigenvalue weighted by atomic mass is 16.6. The molecule has 1 aromatic carbocycles. The van der Waals surface area contributed by atoms with Crippen molar-refractivity contribution in [2.75, 3.05) is 39.3 Å². The Morgan fingerprint density at radius 3 is 2.70 bits per heavy atom. The molecule has 0 radical (unpaired) electrons. The molecule has 0 aromatic heterocycles. The van der Waals surface area contributed by atoms with Gasteiger partial charge in [-0.1, -0.05) is 19.1 Å². The molecule has 1 saturated heterocycles. The van der Waals surface area contributed by atoms with Gasteiger partial charge >= 0.3 is 11.9 Å². The topological polar surface area (TPSA) is 89.7 Å². The molecule has 1 aliphatic carbocycles. The molecule has 8 heteroatoms. The Balaban J connectivity index is 1.86. The largest absolute Gasteiger partial charge is 0.497 e. The SMILES string of the molecule is CC[C@]12C=CC[NH+]3CC[C@@]4(c5ccc(OC)cc5N(C)[C@@H]4[C@](O)(C(=O)OC)[C@@H]1OC(C)=O)[C@@H]32. The monoisotopic (exact) mass is 457 g/mol. The number of hydrogen-bond acceptors (Lipinski definition) is 7. The second-order valence-electron chi connectivity index (χ2n) is 9.91. The molecule has 33 heavy (non-hydrogen) atoms. The number of ether oxygens (including phenoxy) is 3. The zero-order chi connectivity index (χ0) is 23.8. The summed E-state index contributed by atoms with van der Waals surface area (Å²) in [5.74, 6) is -0.592. The van der Waals surface area contributed by atoms with E-state index in [2.05, 4.69) is 18.2 Å². The number of likely N-dealkylation sites (N-methyl/N-ethyl adjacent to an activating group) is 1. The summed E-state index contributed by atoms with van der Waals surface area (Å²) < 4.78 is 16.6. The van der Waals surface area contributed by atoms with Gasteiger partial charge in [0.25, 0.3) is 0 Å². The number of aliphatic hydroxyl groups is 1. The Morgan fingerprint density at radius 1 is 1.30 bits per heavy atom. The molecule has 2 fully saturated rings. The van der Waals surface area contributed by atoms with Crippen LogP contribution < -0.4 is 14.5 Å². The lowest BCUT2D eigenvalue weighted by atomic mass is 9.47. The number of methoxy groups -OCH3 is 2. The van der Waals surface area contributed by atoms with Gasteiger partial charge in [-0.15, -0.1) is 0 Å². The third kappa shape index (κ3) is 2.48. The quantitative estimate of drug-likeness (QED) is 0.494. The van der Waals surface area contributed by atoms with Gasteiger partial charge in [-0.3, -0.25) is 4.79 Å². The number of nitrogens with one attached hydrogen (secondary N) is 1. The van der Waals surface area contributed by atoms with Gasteiger partial charge in [0.15, 0.2) is 6.10 Å². The molecule has 7 atom stereocenters. The van der Waals surface area contributed by atoms with E-state index in [0.717, 1.165) is 30.8 Å². The van der Waals surface area contributed by atoms with Crippen molar-refractivity contribution in [3.63, 3.8) is 0 Å². The van der Waals surface area contributed by atoms with Crippen molar-refractivity contribution >= 4 is 17.6 Å². The summed E-state index contributed by atoms with van der Waals surface area (Å²) in [5.41, 5.74) is -1.28. The minimum atomic E-state index is -2.06. The number of anilines is 1. The summed E-state index contributed by atoms with van der Waals surface area (Å²) in [6.07, 6.45) is 4.53. The first-order valence-electron chi connectivity index (χ1n) is 11.6. The lowest BCUT2D eigenvalue weighted by Gasteiger charge is -2.61. The maximum Gasteiger partial charge on any atom is 0.344 e. The predicted octanol–water partition coefficient (Wildman–Crippen LogP) is 0.224. The van der Waals surface area contributed by atoms with Crippen LogP contribution in [0.25, 0.3) is 0 Å². The lowest BCUT2D eigenvalue weighted by molar-refractivity contribution is -0.920. The van der Waals surface area contributed by atoms with Gasteiger partial charge in [0.1, 0.15) is 11.8 Å². The number of rotatable bonds is 4. The zero-order valence-electron chi connectivity index (χ0n) is 19.9. The van der Waals surface area contributed by atoms with Crippen LogP contribution in [0.15, 0.2) is 30.4 Å². The molecule has 3 heterocycles. The Hall–Kier alpha value is -2.58. The van der Waals surface area contributed by atoms with Gasteiger partial charge in [0.2, 0.25) is 5.60 Å². The number of fused-ring (bicyclic) bond motifs is 1. The van der Waals surface area contributed by atoms with Gasteiger partial charge in [-0.2, -0.15) is 0 Å². The molecule has 0 amide bonds. The normalized spacial score (nSPS) is 40.0. The van der Waals surface area contributed by atoms with Gasteiger partial charge in [0.05, 0.1) is 44.2 Å². The third-order valence-corrected chi connectivity index (χ3v) is 8.80. The van der Waals surface area contributed by atoms with Crippen LogP contribution in [0.3, 0.4) is 0 Å². The molecule has 1 saturated carbocycles. The summed E-state index contributed by atoms with van der Waals surface area (Å²) in [7, 11) is 4.79. The average Bonchev–Trinajstić information content (AvgIpc) is 3.32. The smallest absolute Gasteiger partial charge is 0.344 e. The van der Waals surface area contributed by atoms with Crippen LogP contribution in [-0.4, -0.2) is 75.2 Å². The molecule has 5 rings (SSSR count). The van der Waals surface area contributed by atoms with E-state index in [1.807, 2.05) is 31.0 Å². The van der Waals surface area contributed by atoms with Crippen LogP contribution in [-0.2, 0) is 24.5 Å². The maximum atomic E-state index is 13.5. The molecule has 8 nitrogen and oxygen atoms in total. The molecule has 1 spiro atoms. The number of benzene rings is 1. The first-order valence-corrected chi connectivity index (χ1v) is 11.6. The van der Waals surface area contributed by atoms with Crippen LogP contribution in [0.5, 0.6) is 5.75 Å². The van der Waals surface area contributed by atoms with E-state index in [1.165, 1.54) is 18.9 Å². The fourth-order valence-electron chi connectivity index (χ4n) is 7.90. The van der Waals surface area contributed by atoms with E-state index in [1.54, 1.807) is 7.11 Å². The van der Waals surface area contributed by atoms with E-state index in [0.29, 0.717) is 12.2 Å². The molecule has 178 valence electrons. The Bertz CT molecular complexity index is 1040. The summed E-state index contributed by atoms with van der Waals surface area (Å²) in [6, 6.07) is 5.36. The molecule has 4 aliphatic rings. The van der Waals surface area contributed by atoms with Gasteiger partial charge in [-0.05, 0) is 24.1 Å².